The van der Waals surface area contributed by atoms with Crippen molar-refractivity contribution >= 4 is 5.91 Å². The average molecular weight is 320 g/mol. The van der Waals surface area contributed by atoms with Gasteiger partial charge in [0.2, 0.25) is 0 Å². The Labute approximate surface area is 138 Å². The topological polar surface area (TPSA) is 75.8 Å². The Balaban J connectivity index is 2.24. The van der Waals surface area contributed by atoms with Crippen molar-refractivity contribution in [3.63, 3.8) is 0 Å². The van der Waals surface area contributed by atoms with Crippen molar-refractivity contribution in [3.8, 4) is 0 Å². The van der Waals surface area contributed by atoms with Gasteiger partial charge in [-0.3, -0.25) is 4.79 Å². The summed E-state index contributed by atoms with van der Waals surface area (Å²) in [5, 5.41) is 9.93. The van der Waals surface area contributed by atoms with Gasteiger partial charge < -0.3 is 20.5 Å². The molecule has 2 heterocycles. The van der Waals surface area contributed by atoms with Crippen LogP contribution in [0.25, 0.3) is 0 Å². The van der Waals surface area contributed by atoms with Crippen molar-refractivity contribution in [1.29, 1.82) is 0 Å². The molecule has 2 aliphatic heterocycles. The summed E-state index contributed by atoms with van der Waals surface area (Å²) >= 11 is 0. The van der Waals surface area contributed by atoms with E-state index < -0.39 is 18.2 Å². The van der Waals surface area contributed by atoms with Gasteiger partial charge in [0.15, 0.2) is 0 Å². The number of carbonyl (C=O) groups is 1. The molecule has 0 aromatic heterocycles. The van der Waals surface area contributed by atoms with E-state index in [1.807, 2.05) is 17.1 Å². The molecule has 1 saturated heterocycles. The van der Waals surface area contributed by atoms with E-state index in [2.05, 4.69) is 27.0 Å². The van der Waals surface area contributed by atoms with Gasteiger partial charge in [0.1, 0.15) is 6.10 Å². The molecule has 23 heavy (non-hydrogen) atoms. The minimum absolute atomic E-state index is 0.0434. The van der Waals surface area contributed by atoms with E-state index in [0.29, 0.717) is 6.54 Å². The molecular formula is C18H28N2O3. The molecule has 0 unspecified atom stereocenters. The van der Waals surface area contributed by atoms with E-state index in [9.17, 15) is 9.90 Å². The van der Waals surface area contributed by atoms with Crippen LogP contribution in [0.4, 0.5) is 0 Å². The zero-order valence-corrected chi connectivity index (χ0v) is 14.1. The average Bonchev–Trinajstić information content (AvgIpc) is 2.54. The van der Waals surface area contributed by atoms with Crippen LogP contribution in [0.3, 0.4) is 0 Å². The van der Waals surface area contributed by atoms with Crippen molar-refractivity contribution in [2.24, 2.45) is 11.7 Å². The number of carbonyl (C=O) groups excluding carboxylic acids is 1. The molecule has 0 radical (unpaired) electrons. The first kappa shape index (κ1) is 17.9. The van der Waals surface area contributed by atoms with Gasteiger partial charge in [-0.1, -0.05) is 39.2 Å². The molecule has 5 heteroatoms. The maximum absolute atomic E-state index is 12.9. The van der Waals surface area contributed by atoms with Crippen LogP contribution in [0.5, 0.6) is 0 Å². The van der Waals surface area contributed by atoms with Crippen molar-refractivity contribution in [2.75, 3.05) is 13.2 Å². The predicted molar refractivity (Wildman–Crippen MR) is 90.7 cm³/mol. The third-order valence-corrected chi connectivity index (χ3v) is 4.74. The maximum atomic E-state index is 12.9. The largest absolute Gasteiger partial charge is 0.391 e. The number of aliphatic hydroxyl groups is 1. The molecule has 0 bridgehead atoms. The molecule has 1 fully saturated rings. The second-order valence-electron chi connectivity index (χ2n) is 6.65. The molecule has 0 aromatic rings. The molecule has 0 saturated carbocycles. The minimum atomic E-state index is -0.696. The lowest BCUT2D eigenvalue weighted by atomic mass is 9.85. The Morgan fingerprint density at radius 2 is 2.13 bits per heavy atom. The molecule has 128 valence electrons. The van der Waals surface area contributed by atoms with E-state index in [1.165, 1.54) is 0 Å². The number of ether oxygens (including phenoxy) is 1. The minimum Gasteiger partial charge on any atom is -0.391 e. The number of nitrogens with zero attached hydrogens (tertiary/aromatic N) is 1. The summed E-state index contributed by atoms with van der Waals surface area (Å²) in [7, 11) is 0. The van der Waals surface area contributed by atoms with E-state index in [-0.39, 0.29) is 30.9 Å². The zero-order chi connectivity index (χ0) is 17.1. The Hall–Kier alpha value is -1.43. The summed E-state index contributed by atoms with van der Waals surface area (Å²) in [6.07, 6.45) is 3.37. The molecule has 2 rings (SSSR count). The first-order chi connectivity index (χ1) is 10.9. The predicted octanol–water partition coefficient (Wildman–Crippen LogP) is 1.39. The monoisotopic (exact) mass is 320 g/mol. The van der Waals surface area contributed by atoms with Crippen molar-refractivity contribution in [3.05, 3.63) is 36.5 Å². The lowest BCUT2D eigenvalue weighted by Crippen LogP contribution is -2.56. The molecule has 1 amide bonds. The molecule has 2 aliphatic rings. The summed E-state index contributed by atoms with van der Waals surface area (Å²) in [5.41, 5.74) is 7.95. The molecule has 0 aromatic carbocycles. The summed E-state index contributed by atoms with van der Waals surface area (Å²) < 4.78 is 5.59. The number of aliphatic hydroxyl groups excluding tert-OH is 1. The number of amides is 1. The number of allylic oxidation sites excluding steroid dienone is 1. The van der Waals surface area contributed by atoms with Crippen molar-refractivity contribution in [2.45, 2.75) is 51.0 Å². The number of rotatable bonds is 4. The number of nitrogens with two attached hydrogens (primary N) is 1. The van der Waals surface area contributed by atoms with Crippen LogP contribution in [0.15, 0.2) is 36.5 Å². The normalized spacial score (nSPS) is 32.1. The van der Waals surface area contributed by atoms with E-state index in [1.54, 1.807) is 0 Å². The van der Waals surface area contributed by atoms with E-state index in [4.69, 9.17) is 10.5 Å². The third kappa shape index (κ3) is 3.57. The summed E-state index contributed by atoms with van der Waals surface area (Å²) in [6.45, 7) is 12.8. The lowest BCUT2D eigenvalue weighted by Gasteiger charge is -2.42. The molecular weight excluding hydrogens is 292 g/mol. The van der Waals surface area contributed by atoms with E-state index in [0.717, 1.165) is 17.6 Å². The zero-order valence-electron chi connectivity index (χ0n) is 14.1. The van der Waals surface area contributed by atoms with Gasteiger partial charge in [-0.15, -0.1) is 0 Å². The summed E-state index contributed by atoms with van der Waals surface area (Å²) in [5.74, 6) is 0.176. The van der Waals surface area contributed by atoms with E-state index >= 15 is 0 Å². The first-order valence-electron chi connectivity index (χ1n) is 8.24. The molecule has 4 atom stereocenters. The Kier molecular flexibility index (Phi) is 5.79. The standard InChI is InChI=1S/C18H28N2O3/c1-5-12-7-8-20(17(11(3)4)13(12)6-2)18(22)16-9-15(21)14(19)10-23-16/h5-6,11,14-17,21H,1-2,7-10,19H2,3-4H3/t14-,15+,16-,17+/m1/s1. The third-order valence-electron chi connectivity index (χ3n) is 4.74. The fourth-order valence-electron chi connectivity index (χ4n) is 3.48. The van der Waals surface area contributed by atoms with Gasteiger partial charge in [0.05, 0.1) is 24.8 Å². The van der Waals surface area contributed by atoms with Gasteiger partial charge in [-0.25, -0.2) is 0 Å². The highest BCUT2D eigenvalue weighted by molar-refractivity contribution is 5.82. The lowest BCUT2D eigenvalue weighted by molar-refractivity contribution is -0.154. The van der Waals surface area contributed by atoms with Crippen LogP contribution in [-0.4, -0.2) is 53.4 Å². The Bertz CT molecular complexity index is 512. The molecule has 3 N–H and O–H groups in total. The highest BCUT2D eigenvalue weighted by atomic mass is 16.5. The van der Waals surface area contributed by atoms with Crippen LogP contribution in [0.1, 0.15) is 26.7 Å². The molecule has 0 aliphatic carbocycles. The maximum Gasteiger partial charge on any atom is 0.252 e. The highest BCUT2D eigenvalue weighted by Gasteiger charge is 2.39. The second-order valence-corrected chi connectivity index (χ2v) is 6.65. The van der Waals surface area contributed by atoms with Crippen LogP contribution >= 0.6 is 0 Å². The SMILES string of the molecule is C=CC1=C(C=C)[C@H](C(C)C)N(C(=O)[C@H]2C[C@H](O)[C@H](N)CO2)CC1. The highest BCUT2D eigenvalue weighted by Crippen LogP contribution is 2.31. The van der Waals surface area contributed by atoms with Gasteiger partial charge >= 0.3 is 0 Å². The van der Waals surface area contributed by atoms with Crippen LogP contribution in [-0.2, 0) is 9.53 Å². The first-order valence-corrected chi connectivity index (χ1v) is 8.24. The summed E-state index contributed by atoms with van der Waals surface area (Å²) in [6, 6.07) is -0.463. The fourth-order valence-corrected chi connectivity index (χ4v) is 3.48. The van der Waals surface area contributed by atoms with Gasteiger partial charge in [-0.05, 0) is 23.5 Å². The van der Waals surface area contributed by atoms with Crippen LogP contribution in [0, 0.1) is 5.92 Å². The fraction of sp³-hybridized carbons (Fsp3) is 0.611. The van der Waals surface area contributed by atoms with Crippen molar-refractivity contribution in [1.82, 2.24) is 4.90 Å². The van der Waals surface area contributed by atoms with Crippen LogP contribution in [0.2, 0.25) is 0 Å². The smallest absolute Gasteiger partial charge is 0.252 e. The van der Waals surface area contributed by atoms with Gasteiger partial charge in [0.25, 0.3) is 5.91 Å². The Morgan fingerprint density at radius 1 is 1.43 bits per heavy atom. The number of hydrogen-bond donors (Lipinski definition) is 2. The van der Waals surface area contributed by atoms with Gasteiger partial charge in [0, 0.05) is 13.0 Å². The number of hydrogen-bond acceptors (Lipinski definition) is 4. The van der Waals surface area contributed by atoms with Crippen molar-refractivity contribution < 1.29 is 14.6 Å². The summed E-state index contributed by atoms with van der Waals surface area (Å²) in [4.78, 5) is 14.8. The van der Waals surface area contributed by atoms with Crippen LogP contribution < -0.4 is 5.73 Å². The second kappa shape index (κ2) is 7.43. The Morgan fingerprint density at radius 3 is 2.65 bits per heavy atom. The molecule has 5 nitrogen and oxygen atoms in total. The van der Waals surface area contributed by atoms with Gasteiger partial charge in [-0.2, -0.15) is 0 Å². The quantitative estimate of drug-likeness (QED) is 0.821. The molecule has 0 spiro atoms.